The lowest BCUT2D eigenvalue weighted by Gasteiger charge is -2.18. The molecule has 0 saturated carbocycles. The first kappa shape index (κ1) is 13.8. The summed E-state index contributed by atoms with van der Waals surface area (Å²) in [5.41, 5.74) is 1.10. The molecule has 20 heavy (non-hydrogen) atoms. The molecule has 0 radical (unpaired) electrons. The van der Waals surface area contributed by atoms with Gasteiger partial charge in [-0.2, -0.15) is 5.26 Å². The molecule has 1 saturated heterocycles. The summed E-state index contributed by atoms with van der Waals surface area (Å²) in [6.07, 6.45) is 2.14. The van der Waals surface area contributed by atoms with Crippen LogP contribution in [0.4, 0.5) is 5.69 Å². The normalized spacial score (nSPS) is 17.7. The van der Waals surface area contributed by atoms with Gasteiger partial charge in [0.15, 0.2) is 0 Å². The summed E-state index contributed by atoms with van der Waals surface area (Å²) in [6.45, 7) is 4.20. The van der Waals surface area contributed by atoms with E-state index >= 15 is 0 Å². The minimum atomic E-state index is -0.509. The summed E-state index contributed by atoms with van der Waals surface area (Å²) in [5, 5.41) is 9.21. The number of carbonyl (C=O) groups excluding carboxylic acids is 2. The van der Waals surface area contributed by atoms with E-state index in [0.717, 1.165) is 0 Å². The molecule has 1 amide bonds. The van der Waals surface area contributed by atoms with Crippen molar-refractivity contribution in [2.75, 3.05) is 18.6 Å². The molecule has 1 atom stereocenters. The van der Waals surface area contributed by atoms with Crippen molar-refractivity contribution in [2.45, 2.75) is 6.42 Å². The van der Waals surface area contributed by atoms with Crippen molar-refractivity contribution in [2.24, 2.45) is 5.92 Å². The first-order chi connectivity index (χ1) is 9.60. The van der Waals surface area contributed by atoms with Gasteiger partial charge in [-0.3, -0.25) is 4.79 Å². The van der Waals surface area contributed by atoms with Crippen LogP contribution in [0.2, 0.25) is 0 Å². The predicted octanol–water partition coefficient (Wildman–Crippen LogP) is 1.88. The second-order valence-corrected chi connectivity index (χ2v) is 4.54. The van der Waals surface area contributed by atoms with Crippen molar-refractivity contribution in [1.29, 1.82) is 5.26 Å². The summed E-state index contributed by atoms with van der Waals surface area (Å²) in [7, 11) is 1.28. The van der Waals surface area contributed by atoms with Gasteiger partial charge >= 0.3 is 5.97 Å². The number of rotatable bonds is 3. The molecule has 0 bridgehead atoms. The van der Waals surface area contributed by atoms with E-state index < -0.39 is 5.97 Å². The minimum Gasteiger partial charge on any atom is -0.465 e. The number of hydrogen-bond acceptors (Lipinski definition) is 4. The lowest BCUT2D eigenvalue weighted by atomic mass is 10.1. The average Bonchev–Trinajstić information content (AvgIpc) is 2.86. The van der Waals surface area contributed by atoms with Gasteiger partial charge < -0.3 is 9.64 Å². The van der Waals surface area contributed by atoms with Gasteiger partial charge in [0.1, 0.15) is 6.07 Å². The van der Waals surface area contributed by atoms with Crippen LogP contribution < -0.4 is 4.90 Å². The third-order valence-electron chi connectivity index (χ3n) is 3.32. The third-order valence-corrected chi connectivity index (χ3v) is 3.32. The van der Waals surface area contributed by atoms with E-state index in [0.29, 0.717) is 24.2 Å². The fraction of sp³-hybridized carbons (Fsp3) is 0.267. The number of carbonyl (C=O) groups is 2. The van der Waals surface area contributed by atoms with Crippen LogP contribution in [0.3, 0.4) is 0 Å². The zero-order valence-corrected chi connectivity index (χ0v) is 11.1. The van der Waals surface area contributed by atoms with Gasteiger partial charge in [-0.1, -0.05) is 6.08 Å². The van der Waals surface area contributed by atoms with Crippen molar-refractivity contribution in [3.8, 4) is 6.07 Å². The summed E-state index contributed by atoms with van der Waals surface area (Å²) in [4.78, 5) is 25.0. The molecule has 0 aliphatic carbocycles. The monoisotopic (exact) mass is 270 g/mol. The molecule has 1 aliphatic rings. The Morgan fingerprint density at radius 2 is 2.35 bits per heavy atom. The van der Waals surface area contributed by atoms with Crippen LogP contribution in [-0.2, 0) is 9.53 Å². The van der Waals surface area contributed by atoms with Gasteiger partial charge in [0.05, 0.1) is 23.9 Å². The molecule has 5 heteroatoms. The Bertz CT molecular complexity index is 616. The van der Waals surface area contributed by atoms with Crippen LogP contribution in [0.25, 0.3) is 0 Å². The van der Waals surface area contributed by atoms with E-state index in [-0.39, 0.29) is 17.4 Å². The maximum atomic E-state index is 12.0. The Morgan fingerprint density at radius 3 is 2.90 bits per heavy atom. The Hall–Kier alpha value is -2.61. The SMILES string of the molecule is C=CC1CC(=O)N(c2ccc(C(=O)OC)cc2C#N)C1. The predicted molar refractivity (Wildman–Crippen MR) is 73.2 cm³/mol. The number of methoxy groups -OCH3 is 1. The molecule has 1 heterocycles. The molecule has 2 rings (SSSR count). The molecule has 1 unspecified atom stereocenters. The van der Waals surface area contributed by atoms with Gasteiger partial charge in [0.25, 0.3) is 0 Å². The quantitative estimate of drug-likeness (QED) is 0.621. The minimum absolute atomic E-state index is 0.0442. The molecule has 1 fully saturated rings. The molecule has 102 valence electrons. The molecule has 0 N–H and O–H groups in total. The Balaban J connectivity index is 2.38. The Kier molecular flexibility index (Phi) is 3.85. The van der Waals surface area contributed by atoms with Gasteiger partial charge in [-0.25, -0.2) is 4.79 Å². The summed E-state index contributed by atoms with van der Waals surface area (Å²) in [5.74, 6) is -0.462. The number of nitriles is 1. The zero-order valence-electron chi connectivity index (χ0n) is 11.1. The van der Waals surface area contributed by atoms with Crippen LogP contribution in [-0.4, -0.2) is 25.5 Å². The van der Waals surface area contributed by atoms with Crippen molar-refractivity contribution >= 4 is 17.6 Å². The van der Waals surface area contributed by atoms with Crippen LogP contribution in [0.5, 0.6) is 0 Å². The molecule has 5 nitrogen and oxygen atoms in total. The number of hydrogen-bond donors (Lipinski definition) is 0. The van der Waals surface area contributed by atoms with Gasteiger partial charge in [0.2, 0.25) is 5.91 Å². The van der Waals surface area contributed by atoms with E-state index in [1.807, 2.05) is 6.07 Å². The lowest BCUT2D eigenvalue weighted by Crippen LogP contribution is -2.25. The van der Waals surface area contributed by atoms with Gasteiger partial charge in [0, 0.05) is 18.9 Å². The van der Waals surface area contributed by atoms with Crippen molar-refractivity contribution in [1.82, 2.24) is 0 Å². The standard InChI is InChI=1S/C15H14N2O3/c1-3-10-6-14(18)17(9-10)13-5-4-11(15(19)20-2)7-12(13)8-16/h3-5,7,10H,1,6,9H2,2H3. The Labute approximate surface area is 117 Å². The van der Waals surface area contributed by atoms with Crippen LogP contribution in [0.15, 0.2) is 30.9 Å². The highest BCUT2D eigenvalue weighted by Crippen LogP contribution is 2.29. The van der Waals surface area contributed by atoms with Gasteiger partial charge in [-0.05, 0) is 18.2 Å². The van der Waals surface area contributed by atoms with E-state index in [1.54, 1.807) is 23.1 Å². The largest absolute Gasteiger partial charge is 0.465 e. The smallest absolute Gasteiger partial charge is 0.337 e. The second-order valence-electron chi connectivity index (χ2n) is 4.54. The Morgan fingerprint density at radius 1 is 1.60 bits per heavy atom. The first-order valence-corrected chi connectivity index (χ1v) is 6.16. The molecule has 0 spiro atoms. The fourth-order valence-corrected chi connectivity index (χ4v) is 2.23. The van der Waals surface area contributed by atoms with E-state index in [1.165, 1.54) is 13.2 Å². The summed E-state index contributed by atoms with van der Waals surface area (Å²) in [6, 6.07) is 6.62. The van der Waals surface area contributed by atoms with Gasteiger partial charge in [-0.15, -0.1) is 6.58 Å². The highest BCUT2D eigenvalue weighted by Gasteiger charge is 2.30. The van der Waals surface area contributed by atoms with E-state index in [9.17, 15) is 14.9 Å². The fourth-order valence-electron chi connectivity index (χ4n) is 2.23. The van der Waals surface area contributed by atoms with E-state index in [4.69, 9.17) is 0 Å². The van der Waals surface area contributed by atoms with Crippen LogP contribution in [0.1, 0.15) is 22.3 Å². The molecule has 1 aromatic carbocycles. The third kappa shape index (κ3) is 2.41. The molecule has 0 aromatic heterocycles. The second kappa shape index (κ2) is 5.57. The lowest BCUT2D eigenvalue weighted by molar-refractivity contribution is -0.117. The first-order valence-electron chi connectivity index (χ1n) is 6.16. The number of anilines is 1. The maximum absolute atomic E-state index is 12.0. The van der Waals surface area contributed by atoms with Crippen molar-refractivity contribution in [3.63, 3.8) is 0 Å². The van der Waals surface area contributed by atoms with Crippen molar-refractivity contribution in [3.05, 3.63) is 42.0 Å². The molecular formula is C15H14N2O3. The molecular weight excluding hydrogens is 256 g/mol. The zero-order chi connectivity index (χ0) is 14.7. The number of esters is 1. The number of benzene rings is 1. The number of ether oxygens (including phenoxy) is 1. The van der Waals surface area contributed by atoms with E-state index in [2.05, 4.69) is 11.3 Å². The summed E-state index contributed by atoms with van der Waals surface area (Å²) >= 11 is 0. The highest BCUT2D eigenvalue weighted by atomic mass is 16.5. The van der Waals surface area contributed by atoms with Crippen LogP contribution in [0, 0.1) is 17.2 Å². The van der Waals surface area contributed by atoms with Crippen LogP contribution >= 0.6 is 0 Å². The number of amides is 1. The topological polar surface area (TPSA) is 70.4 Å². The van der Waals surface area contributed by atoms with Crippen molar-refractivity contribution < 1.29 is 14.3 Å². The molecule has 1 aromatic rings. The molecule has 1 aliphatic heterocycles. The number of nitrogens with zero attached hydrogens (tertiary/aromatic N) is 2. The maximum Gasteiger partial charge on any atom is 0.337 e. The highest BCUT2D eigenvalue weighted by molar-refractivity contribution is 5.98. The average molecular weight is 270 g/mol. The summed E-state index contributed by atoms with van der Waals surface area (Å²) < 4.78 is 4.61.